The standard InChI is InChI=1S/C19H19ClN2O/c1-19(2)13-22(17-6-4-3-5-16(17)21-19)18(23)12-9-14-7-10-15(20)11-8-14/h3-12,21H,13H2,1-2H3/b12-9+. The summed E-state index contributed by atoms with van der Waals surface area (Å²) in [5.74, 6) is -0.0259. The SMILES string of the molecule is CC1(C)CN(C(=O)/C=C/c2ccc(Cl)cc2)c2ccccc2N1. The number of carbonyl (C=O) groups is 1. The molecule has 0 spiro atoms. The molecule has 1 N–H and O–H groups in total. The summed E-state index contributed by atoms with van der Waals surface area (Å²) in [6.45, 7) is 4.80. The molecular weight excluding hydrogens is 308 g/mol. The summed E-state index contributed by atoms with van der Waals surface area (Å²) in [6, 6.07) is 15.3. The molecule has 0 aromatic heterocycles. The molecule has 2 aromatic carbocycles. The number of anilines is 2. The molecule has 0 atom stereocenters. The summed E-state index contributed by atoms with van der Waals surface area (Å²) >= 11 is 5.88. The van der Waals surface area contributed by atoms with Crippen LogP contribution in [0.2, 0.25) is 5.02 Å². The van der Waals surface area contributed by atoms with E-state index in [-0.39, 0.29) is 11.4 Å². The molecule has 1 heterocycles. The number of hydrogen-bond donors (Lipinski definition) is 1. The van der Waals surface area contributed by atoms with E-state index in [1.165, 1.54) is 0 Å². The van der Waals surface area contributed by atoms with Crippen LogP contribution >= 0.6 is 11.6 Å². The van der Waals surface area contributed by atoms with Gasteiger partial charge < -0.3 is 10.2 Å². The van der Waals surface area contributed by atoms with Gasteiger partial charge in [-0.05, 0) is 49.8 Å². The number of para-hydroxylation sites is 2. The molecule has 0 radical (unpaired) electrons. The summed E-state index contributed by atoms with van der Waals surface area (Å²) in [7, 11) is 0. The van der Waals surface area contributed by atoms with Crippen molar-refractivity contribution in [2.75, 3.05) is 16.8 Å². The predicted octanol–water partition coefficient (Wildman–Crippen LogP) is 4.59. The zero-order chi connectivity index (χ0) is 16.4. The van der Waals surface area contributed by atoms with E-state index in [0.29, 0.717) is 11.6 Å². The molecule has 2 aromatic rings. The Hall–Kier alpha value is -2.26. The van der Waals surface area contributed by atoms with E-state index >= 15 is 0 Å². The van der Waals surface area contributed by atoms with E-state index in [1.807, 2.05) is 59.5 Å². The number of benzene rings is 2. The Labute approximate surface area is 141 Å². The van der Waals surface area contributed by atoms with Gasteiger partial charge in [-0.3, -0.25) is 4.79 Å². The molecule has 0 saturated carbocycles. The Morgan fingerprint density at radius 3 is 2.61 bits per heavy atom. The first kappa shape index (κ1) is 15.6. The molecule has 0 saturated heterocycles. The van der Waals surface area contributed by atoms with Crippen LogP contribution in [0.3, 0.4) is 0 Å². The first-order valence-corrected chi connectivity index (χ1v) is 7.95. The predicted molar refractivity (Wildman–Crippen MR) is 97.0 cm³/mol. The van der Waals surface area contributed by atoms with E-state index in [0.717, 1.165) is 16.9 Å². The number of amides is 1. The monoisotopic (exact) mass is 326 g/mol. The smallest absolute Gasteiger partial charge is 0.251 e. The number of carbonyl (C=O) groups excluding carboxylic acids is 1. The van der Waals surface area contributed by atoms with E-state index in [1.54, 1.807) is 6.08 Å². The van der Waals surface area contributed by atoms with Gasteiger partial charge in [0.05, 0.1) is 11.4 Å². The number of hydrogen-bond acceptors (Lipinski definition) is 2. The molecule has 0 bridgehead atoms. The molecule has 3 nitrogen and oxygen atoms in total. The minimum atomic E-state index is -0.169. The highest BCUT2D eigenvalue weighted by Crippen LogP contribution is 2.34. The van der Waals surface area contributed by atoms with Gasteiger partial charge >= 0.3 is 0 Å². The van der Waals surface area contributed by atoms with Gasteiger partial charge in [0, 0.05) is 23.2 Å². The largest absolute Gasteiger partial charge is 0.377 e. The van der Waals surface area contributed by atoms with Crippen LogP contribution in [0.25, 0.3) is 6.08 Å². The van der Waals surface area contributed by atoms with Crippen LogP contribution < -0.4 is 10.2 Å². The number of rotatable bonds is 2. The molecular formula is C19H19ClN2O. The normalized spacial score (nSPS) is 16.0. The number of halogens is 1. The molecule has 1 aliphatic rings. The number of nitrogens with one attached hydrogen (secondary N) is 1. The molecule has 0 fully saturated rings. The van der Waals surface area contributed by atoms with E-state index in [9.17, 15) is 4.79 Å². The van der Waals surface area contributed by atoms with Crippen molar-refractivity contribution in [3.05, 3.63) is 65.2 Å². The third-order valence-corrected chi connectivity index (χ3v) is 4.03. The molecule has 118 valence electrons. The zero-order valence-corrected chi connectivity index (χ0v) is 14.0. The van der Waals surface area contributed by atoms with Gasteiger partial charge in [0.1, 0.15) is 0 Å². The fourth-order valence-electron chi connectivity index (χ4n) is 2.73. The lowest BCUT2D eigenvalue weighted by Gasteiger charge is -2.40. The maximum absolute atomic E-state index is 12.7. The Bertz CT molecular complexity index is 750. The van der Waals surface area contributed by atoms with Crippen molar-refractivity contribution in [2.45, 2.75) is 19.4 Å². The maximum atomic E-state index is 12.7. The van der Waals surface area contributed by atoms with Crippen molar-refractivity contribution >= 4 is 35.0 Å². The van der Waals surface area contributed by atoms with Gasteiger partial charge in [0.15, 0.2) is 0 Å². The summed E-state index contributed by atoms with van der Waals surface area (Å²) in [4.78, 5) is 14.5. The van der Waals surface area contributed by atoms with Crippen molar-refractivity contribution in [2.24, 2.45) is 0 Å². The maximum Gasteiger partial charge on any atom is 0.251 e. The molecule has 1 amide bonds. The minimum Gasteiger partial charge on any atom is -0.377 e. The van der Waals surface area contributed by atoms with Crippen LogP contribution in [0.4, 0.5) is 11.4 Å². The topological polar surface area (TPSA) is 32.3 Å². The summed E-state index contributed by atoms with van der Waals surface area (Å²) in [5.41, 5.74) is 2.68. The third-order valence-electron chi connectivity index (χ3n) is 3.78. The number of nitrogens with zero attached hydrogens (tertiary/aromatic N) is 1. The van der Waals surface area contributed by atoms with Crippen LogP contribution in [0.15, 0.2) is 54.6 Å². The van der Waals surface area contributed by atoms with Gasteiger partial charge in [-0.1, -0.05) is 35.9 Å². The highest BCUT2D eigenvalue weighted by Gasteiger charge is 2.31. The molecule has 0 unspecified atom stereocenters. The molecule has 4 heteroatoms. The minimum absolute atomic E-state index is 0.0259. The zero-order valence-electron chi connectivity index (χ0n) is 13.2. The average molecular weight is 327 g/mol. The van der Waals surface area contributed by atoms with Crippen molar-refractivity contribution < 1.29 is 4.79 Å². The first-order valence-electron chi connectivity index (χ1n) is 7.57. The van der Waals surface area contributed by atoms with E-state index in [4.69, 9.17) is 11.6 Å². The Balaban J connectivity index is 1.85. The van der Waals surface area contributed by atoms with Gasteiger partial charge in [0.2, 0.25) is 0 Å². The second-order valence-corrected chi connectivity index (χ2v) is 6.77. The molecule has 23 heavy (non-hydrogen) atoms. The van der Waals surface area contributed by atoms with Gasteiger partial charge in [-0.15, -0.1) is 0 Å². The van der Waals surface area contributed by atoms with Crippen molar-refractivity contribution in [3.8, 4) is 0 Å². The second kappa shape index (κ2) is 6.09. The Morgan fingerprint density at radius 1 is 1.17 bits per heavy atom. The molecule has 0 aliphatic carbocycles. The van der Waals surface area contributed by atoms with Crippen LogP contribution in [0, 0.1) is 0 Å². The third kappa shape index (κ3) is 3.57. The Morgan fingerprint density at radius 2 is 1.87 bits per heavy atom. The Kier molecular flexibility index (Phi) is 4.14. The lowest BCUT2D eigenvalue weighted by atomic mass is 9.99. The van der Waals surface area contributed by atoms with E-state index in [2.05, 4.69) is 19.2 Å². The van der Waals surface area contributed by atoms with Crippen LogP contribution in [0.5, 0.6) is 0 Å². The van der Waals surface area contributed by atoms with Crippen molar-refractivity contribution in [3.63, 3.8) is 0 Å². The lowest BCUT2D eigenvalue weighted by molar-refractivity contribution is -0.114. The summed E-state index contributed by atoms with van der Waals surface area (Å²) < 4.78 is 0. The van der Waals surface area contributed by atoms with Crippen molar-refractivity contribution in [1.82, 2.24) is 0 Å². The summed E-state index contributed by atoms with van der Waals surface area (Å²) in [6.07, 6.45) is 3.43. The van der Waals surface area contributed by atoms with Crippen molar-refractivity contribution in [1.29, 1.82) is 0 Å². The molecule has 1 aliphatic heterocycles. The quantitative estimate of drug-likeness (QED) is 0.819. The van der Waals surface area contributed by atoms with Gasteiger partial charge in [-0.2, -0.15) is 0 Å². The van der Waals surface area contributed by atoms with Gasteiger partial charge in [0.25, 0.3) is 5.91 Å². The lowest BCUT2D eigenvalue weighted by Crippen LogP contribution is -2.50. The number of fused-ring (bicyclic) bond motifs is 1. The van der Waals surface area contributed by atoms with E-state index < -0.39 is 0 Å². The average Bonchev–Trinajstić information content (AvgIpc) is 2.52. The highest BCUT2D eigenvalue weighted by atomic mass is 35.5. The van der Waals surface area contributed by atoms with Crippen LogP contribution in [0.1, 0.15) is 19.4 Å². The fraction of sp³-hybridized carbons (Fsp3) is 0.211. The highest BCUT2D eigenvalue weighted by molar-refractivity contribution is 6.30. The first-order chi connectivity index (χ1) is 10.9. The summed E-state index contributed by atoms with van der Waals surface area (Å²) in [5, 5.41) is 4.15. The second-order valence-electron chi connectivity index (χ2n) is 6.34. The van der Waals surface area contributed by atoms with Gasteiger partial charge in [-0.25, -0.2) is 0 Å². The van der Waals surface area contributed by atoms with Crippen LogP contribution in [-0.4, -0.2) is 18.0 Å². The molecule has 3 rings (SSSR count). The fourth-order valence-corrected chi connectivity index (χ4v) is 2.85. The van der Waals surface area contributed by atoms with Crippen LogP contribution in [-0.2, 0) is 4.79 Å².